The molecule has 0 atom stereocenters. The maximum atomic E-state index is 12.6. The largest absolute Gasteiger partial charge is 0.351 e. The lowest BCUT2D eigenvalue weighted by Crippen LogP contribution is -2.46. The maximum absolute atomic E-state index is 12.6. The minimum Gasteiger partial charge on any atom is -0.351 e. The fourth-order valence-corrected chi connectivity index (χ4v) is 5.36. The van der Waals surface area contributed by atoms with Crippen LogP contribution in [0.15, 0.2) is 29.6 Å². The lowest BCUT2D eigenvalue weighted by atomic mass is 9.82. The van der Waals surface area contributed by atoms with Crippen LogP contribution in [0.5, 0.6) is 0 Å². The second kappa shape index (κ2) is 9.80. The number of amides is 1. The molecule has 1 aromatic heterocycles. The van der Waals surface area contributed by atoms with Crippen LogP contribution < -0.4 is 5.32 Å². The number of carbonyl (C=O) groups excluding carboxylic acids is 1. The van der Waals surface area contributed by atoms with E-state index in [1.807, 2.05) is 5.38 Å². The van der Waals surface area contributed by atoms with E-state index in [4.69, 9.17) is 4.98 Å². The number of benzene rings is 1. The SMILES string of the molecule is CN1CCN(Cc2cccc(-c3nc(CC(=O)NC(C)(C)CC(C)(C)C)cs3)c2)CC1. The number of aromatic nitrogens is 1. The summed E-state index contributed by atoms with van der Waals surface area (Å²) in [5.74, 6) is 0.0370. The molecule has 31 heavy (non-hydrogen) atoms. The van der Waals surface area contributed by atoms with Crippen LogP contribution in [0.25, 0.3) is 10.6 Å². The fourth-order valence-electron chi connectivity index (χ4n) is 4.54. The summed E-state index contributed by atoms with van der Waals surface area (Å²) < 4.78 is 0. The summed E-state index contributed by atoms with van der Waals surface area (Å²) in [5.41, 5.74) is 3.23. The van der Waals surface area contributed by atoms with Crippen molar-refractivity contribution in [2.75, 3.05) is 33.2 Å². The van der Waals surface area contributed by atoms with Crippen LogP contribution in [0.1, 0.15) is 52.3 Å². The Morgan fingerprint density at radius 3 is 2.52 bits per heavy atom. The summed E-state index contributed by atoms with van der Waals surface area (Å²) in [6, 6.07) is 8.67. The standard InChI is InChI=1S/C25H38N4OS/c1-24(2,3)18-25(4,5)27-22(30)15-21-17-31-23(26-21)20-9-7-8-19(14-20)16-29-12-10-28(6)11-13-29/h7-9,14,17H,10-13,15-16,18H2,1-6H3,(H,27,30). The van der Waals surface area contributed by atoms with Gasteiger partial charge < -0.3 is 10.2 Å². The summed E-state index contributed by atoms with van der Waals surface area (Å²) in [6.07, 6.45) is 1.25. The molecule has 1 amide bonds. The van der Waals surface area contributed by atoms with Gasteiger partial charge in [0.15, 0.2) is 0 Å². The summed E-state index contributed by atoms with van der Waals surface area (Å²) >= 11 is 1.62. The van der Waals surface area contributed by atoms with Gasteiger partial charge in [-0.25, -0.2) is 4.98 Å². The Morgan fingerprint density at radius 2 is 1.84 bits per heavy atom. The zero-order valence-corrected chi connectivity index (χ0v) is 20.8. The average Bonchev–Trinajstić information content (AvgIpc) is 3.09. The molecule has 170 valence electrons. The Kier molecular flexibility index (Phi) is 7.55. The Morgan fingerprint density at radius 1 is 1.13 bits per heavy atom. The zero-order valence-electron chi connectivity index (χ0n) is 20.0. The molecule has 0 unspecified atom stereocenters. The molecule has 1 aliphatic rings. The lowest BCUT2D eigenvalue weighted by molar-refractivity contribution is -0.122. The van der Waals surface area contributed by atoms with Crippen molar-refractivity contribution in [3.63, 3.8) is 0 Å². The second-order valence-corrected chi connectivity index (χ2v) is 11.6. The van der Waals surface area contributed by atoms with Crippen molar-refractivity contribution >= 4 is 17.2 Å². The van der Waals surface area contributed by atoms with Crippen molar-refractivity contribution in [1.29, 1.82) is 0 Å². The second-order valence-electron chi connectivity index (χ2n) is 10.8. The van der Waals surface area contributed by atoms with Crippen LogP contribution in [-0.4, -0.2) is 59.5 Å². The highest BCUT2D eigenvalue weighted by Crippen LogP contribution is 2.28. The van der Waals surface area contributed by atoms with Gasteiger partial charge in [-0.1, -0.05) is 39.0 Å². The molecule has 0 aliphatic carbocycles. The average molecular weight is 443 g/mol. The van der Waals surface area contributed by atoms with Crippen LogP contribution in [0, 0.1) is 5.41 Å². The van der Waals surface area contributed by atoms with Crippen molar-refractivity contribution in [2.24, 2.45) is 5.41 Å². The van der Waals surface area contributed by atoms with E-state index < -0.39 is 0 Å². The Bertz CT molecular complexity index is 876. The van der Waals surface area contributed by atoms with Crippen LogP contribution in [0.4, 0.5) is 0 Å². The van der Waals surface area contributed by atoms with E-state index in [9.17, 15) is 4.79 Å². The van der Waals surface area contributed by atoms with Gasteiger partial charge in [-0.3, -0.25) is 9.69 Å². The number of carbonyl (C=O) groups is 1. The van der Waals surface area contributed by atoms with E-state index in [-0.39, 0.29) is 16.9 Å². The minimum atomic E-state index is -0.230. The molecular formula is C25H38N4OS. The van der Waals surface area contributed by atoms with Crippen molar-refractivity contribution < 1.29 is 4.79 Å². The normalized spacial score (nSPS) is 16.5. The topological polar surface area (TPSA) is 48.5 Å². The van der Waals surface area contributed by atoms with Crippen LogP contribution >= 0.6 is 11.3 Å². The molecule has 0 saturated carbocycles. The minimum absolute atomic E-state index is 0.0370. The molecule has 1 fully saturated rings. The van der Waals surface area contributed by atoms with Gasteiger partial charge in [-0.05, 0) is 44.4 Å². The molecular weight excluding hydrogens is 404 g/mol. The van der Waals surface area contributed by atoms with E-state index in [2.05, 4.69) is 81.0 Å². The van der Waals surface area contributed by atoms with Gasteiger partial charge in [0.05, 0.1) is 12.1 Å². The van der Waals surface area contributed by atoms with Gasteiger partial charge >= 0.3 is 0 Å². The smallest absolute Gasteiger partial charge is 0.226 e. The third-order valence-electron chi connectivity index (χ3n) is 5.52. The molecule has 1 N–H and O–H groups in total. The van der Waals surface area contributed by atoms with Crippen molar-refractivity contribution in [3.05, 3.63) is 40.9 Å². The number of thiazole rings is 1. The molecule has 2 heterocycles. The maximum Gasteiger partial charge on any atom is 0.226 e. The fraction of sp³-hybridized carbons (Fsp3) is 0.600. The number of hydrogen-bond donors (Lipinski definition) is 1. The van der Waals surface area contributed by atoms with E-state index >= 15 is 0 Å². The quantitative estimate of drug-likeness (QED) is 0.689. The van der Waals surface area contributed by atoms with Crippen LogP contribution in [-0.2, 0) is 17.8 Å². The number of piperazine rings is 1. The highest BCUT2D eigenvalue weighted by molar-refractivity contribution is 7.13. The van der Waals surface area contributed by atoms with Gasteiger partial charge in [0.1, 0.15) is 5.01 Å². The molecule has 2 aromatic rings. The van der Waals surface area contributed by atoms with E-state index in [1.54, 1.807) is 11.3 Å². The van der Waals surface area contributed by atoms with Gasteiger partial charge in [-0.2, -0.15) is 0 Å². The predicted octanol–water partition coefficient (Wildman–Crippen LogP) is 4.43. The molecule has 0 radical (unpaired) electrons. The Hall–Kier alpha value is -1.76. The summed E-state index contributed by atoms with van der Waals surface area (Å²) in [6.45, 7) is 16.2. The monoisotopic (exact) mass is 442 g/mol. The summed E-state index contributed by atoms with van der Waals surface area (Å²) in [4.78, 5) is 22.3. The molecule has 6 heteroatoms. The lowest BCUT2D eigenvalue weighted by Gasteiger charge is -2.33. The Balaban J connectivity index is 1.59. The first-order valence-corrected chi connectivity index (χ1v) is 12.1. The summed E-state index contributed by atoms with van der Waals surface area (Å²) in [5, 5.41) is 6.18. The van der Waals surface area contributed by atoms with Crippen molar-refractivity contribution in [2.45, 2.75) is 59.5 Å². The first-order chi connectivity index (χ1) is 14.5. The molecule has 0 bridgehead atoms. The van der Waals surface area contributed by atoms with Gasteiger partial charge in [-0.15, -0.1) is 11.3 Å². The molecule has 1 saturated heterocycles. The molecule has 5 nitrogen and oxygen atoms in total. The van der Waals surface area contributed by atoms with E-state index in [1.165, 1.54) is 5.56 Å². The third-order valence-corrected chi connectivity index (χ3v) is 6.46. The zero-order chi connectivity index (χ0) is 22.6. The van der Waals surface area contributed by atoms with Gasteiger partial charge in [0.25, 0.3) is 0 Å². The number of rotatable bonds is 7. The van der Waals surface area contributed by atoms with Crippen molar-refractivity contribution in [1.82, 2.24) is 20.1 Å². The van der Waals surface area contributed by atoms with E-state index in [0.717, 1.165) is 55.4 Å². The molecule has 1 aromatic carbocycles. The highest BCUT2D eigenvalue weighted by atomic mass is 32.1. The number of hydrogen-bond acceptors (Lipinski definition) is 5. The molecule has 1 aliphatic heterocycles. The van der Waals surface area contributed by atoms with E-state index in [0.29, 0.717) is 6.42 Å². The third kappa shape index (κ3) is 7.70. The van der Waals surface area contributed by atoms with Crippen LogP contribution in [0.3, 0.4) is 0 Å². The number of nitrogens with one attached hydrogen (secondary N) is 1. The Labute approximate surface area is 191 Å². The predicted molar refractivity (Wildman–Crippen MR) is 130 cm³/mol. The van der Waals surface area contributed by atoms with Crippen LogP contribution in [0.2, 0.25) is 0 Å². The first-order valence-electron chi connectivity index (χ1n) is 11.2. The summed E-state index contributed by atoms with van der Waals surface area (Å²) in [7, 11) is 2.18. The van der Waals surface area contributed by atoms with Crippen molar-refractivity contribution in [3.8, 4) is 10.6 Å². The molecule has 0 spiro atoms. The first kappa shape index (κ1) is 23.9. The number of likely N-dealkylation sites (N-methyl/N-ethyl adjacent to an activating group) is 1. The van der Waals surface area contributed by atoms with Gasteiger partial charge in [0, 0.05) is 49.2 Å². The molecule has 3 rings (SSSR count). The highest BCUT2D eigenvalue weighted by Gasteiger charge is 2.27. The number of nitrogens with zero attached hydrogens (tertiary/aromatic N) is 3. The van der Waals surface area contributed by atoms with Gasteiger partial charge in [0.2, 0.25) is 5.91 Å².